The molecule has 2 aliphatic heterocycles. The first-order valence-electron chi connectivity index (χ1n) is 4.09. The average Bonchev–Trinajstić information content (AvgIpc) is 2.53. The summed E-state index contributed by atoms with van der Waals surface area (Å²) in [5.41, 5.74) is 2.90. The summed E-state index contributed by atoms with van der Waals surface area (Å²) >= 11 is 0. The van der Waals surface area contributed by atoms with E-state index in [0.717, 1.165) is 12.5 Å². The molecule has 1 atom stereocenters. The molecule has 2 heterocycles. The molecule has 2 aliphatic rings. The summed E-state index contributed by atoms with van der Waals surface area (Å²) in [6.45, 7) is 2.73. The molecular formula is C7H13N3O2. The molecular weight excluding hydrogens is 158 g/mol. The van der Waals surface area contributed by atoms with Gasteiger partial charge in [0, 0.05) is 7.05 Å². The fourth-order valence-corrected chi connectivity index (χ4v) is 1.34. The Balaban J connectivity index is 1.97. The largest absolute Gasteiger partial charge is 0.376 e. The van der Waals surface area contributed by atoms with Crippen LogP contribution in [0.1, 0.15) is 0 Å². The lowest BCUT2D eigenvalue weighted by Crippen LogP contribution is -2.41. The molecule has 12 heavy (non-hydrogen) atoms. The van der Waals surface area contributed by atoms with Gasteiger partial charge in [-0.1, -0.05) is 0 Å². The van der Waals surface area contributed by atoms with E-state index in [-0.39, 0.29) is 6.10 Å². The van der Waals surface area contributed by atoms with Crippen molar-refractivity contribution in [2.24, 2.45) is 5.10 Å². The Hall–Kier alpha value is -0.810. The molecule has 0 amide bonds. The van der Waals surface area contributed by atoms with Crippen molar-refractivity contribution in [1.29, 1.82) is 0 Å². The normalized spacial score (nSPS) is 29.9. The van der Waals surface area contributed by atoms with Crippen molar-refractivity contribution in [3.05, 3.63) is 0 Å². The van der Waals surface area contributed by atoms with Crippen molar-refractivity contribution in [2.75, 3.05) is 33.5 Å². The first kappa shape index (κ1) is 7.82. The molecule has 0 saturated carbocycles. The third-order valence-corrected chi connectivity index (χ3v) is 2.00. The lowest BCUT2D eigenvalue weighted by molar-refractivity contribution is -0.0622. The molecule has 0 bridgehead atoms. The van der Waals surface area contributed by atoms with E-state index in [9.17, 15) is 0 Å². The van der Waals surface area contributed by atoms with Crippen LogP contribution in [0.4, 0.5) is 0 Å². The molecule has 1 saturated heterocycles. The fraction of sp³-hybridized carbons (Fsp3) is 0.857. The summed E-state index contributed by atoms with van der Waals surface area (Å²) in [5, 5.41) is 4.13. The van der Waals surface area contributed by atoms with Gasteiger partial charge >= 0.3 is 0 Å². The van der Waals surface area contributed by atoms with E-state index in [4.69, 9.17) is 9.47 Å². The number of ether oxygens (including phenoxy) is 2. The van der Waals surface area contributed by atoms with E-state index >= 15 is 0 Å². The zero-order valence-corrected chi connectivity index (χ0v) is 7.12. The van der Waals surface area contributed by atoms with Crippen LogP contribution < -0.4 is 5.43 Å². The van der Waals surface area contributed by atoms with Gasteiger partial charge in [-0.15, -0.1) is 0 Å². The maximum absolute atomic E-state index is 5.49. The lowest BCUT2D eigenvalue weighted by Gasteiger charge is -2.25. The first-order valence-corrected chi connectivity index (χ1v) is 4.09. The van der Waals surface area contributed by atoms with Crippen molar-refractivity contribution in [2.45, 2.75) is 6.10 Å². The number of nitrogens with one attached hydrogen (secondary N) is 1. The molecule has 0 aromatic carbocycles. The predicted octanol–water partition coefficient (Wildman–Crippen LogP) is -0.792. The van der Waals surface area contributed by atoms with E-state index in [2.05, 4.69) is 10.5 Å². The van der Waals surface area contributed by atoms with Crippen molar-refractivity contribution < 1.29 is 9.47 Å². The molecule has 0 aliphatic carbocycles. The summed E-state index contributed by atoms with van der Waals surface area (Å²) < 4.78 is 10.8. The maximum atomic E-state index is 5.49. The second kappa shape index (κ2) is 3.28. The van der Waals surface area contributed by atoms with Crippen LogP contribution in [0.15, 0.2) is 5.10 Å². The molecule has 0 aromatic rings. The summed E-state index contributed by atoms with van der Waals surface area (Å²) in [5.74, 6) is 0.940. The van der Waals surface area contributed by atoms with E-state index in [1.54, 1.807) is 0 Å². The van der Waals surface area contributed by atoms with Crippen LogP contribution in [0.2, 0.25) is 0 Å². The Morgan fingerprint density at radius 3 is 3.08 bits per heavy atom. The van der Waals surface area contributed by atoms with Crippen molar-refractivity contribution in [3.63, 3.8) is 0 Å². The summed E-state index contributed by atoms with van der Waals surface area (Å²) in [7, 11) is 1.98. The Bertz CT molecular complexity index is 189. The molecule has 0 radical (unpaired) electrons. The molecule has 0 unspecified atom stereocenters. The van der Waals surface area contributed by atoms with Crippen LogP contribution in [0.5, 0.6) is 0 Å². The van der Waals surface area contributed by atoms with Gasteiger partial charge in [0.2, 0.25) is 0 Å². The molecule has 68 valence electrons. The van der Waals surface area contributed by atoms with Crippen molar-refractivity contribution in [3.8, 4) is 0 Å². The number of amidine groups is 1. The molecule has 2 rings (SSSR count). The number of hydrogen-bond acceptors (Lipinski definition) is 5. The Morgan fingerprint density at radius 1 is 1.58 bits per heavy atom. The molecule has 5 heteroatoms. The second-order valence-corrected chi connectivity index (χ2v) is 2.92. The number of likely N-dealkylation sites (N-methyl/N-ethyl adjacent to an activating group) is 1. The SMILES string of the molecule is CN1CNN=C1[C@@H]1COCCO1. The minimum absolute atomic E-state index is 0.0127. The molecule has 0 aromatic heterocycles. The predicted molar refractivity (Wildman–Crippen MR) is 43.8 cm³/mol. The monoisotopic (exact) mass is 171 g/mol. The highest BCUT2D eigenvalue weighted by atomic mass is 16.6. The van der Waals surface area contributed by atoms with E-state index in [1.165, 1.54) is 0 Å². The van der Waals surface area contributed by atoms with Gasteiger partial charge in [0.05, 0.1) is 19.8 Å². The van der Waals surface area contributed by atoms with Gasteiger partial charge in [-0.05, 0) is 0 Å². The van der Waals surface area contributed by atoms with Crippen molar-refractivity contribution in [1.82, 2.24) is 10.3 Å². The average molecular weight is 171 g/mol. The maximum Gasteiger partial charge on any atom is 0.157 e. The highest BCUT2D eigenvalue weighted by Gasteiger charge is 2.26. The highest BCUT2D eigenvalue weighted by Crippen LogP contribution is 2.07. The standard InChI is InChI=1S/C7H13N3O2/c1-10-5-8-9-7(10)6-4-11-2-3-12-6/h6,8H,2-5H2,1H3/t6-/m0/s1. The van der Waals surface area contributed by atoms with E-state index in [1.807, 2.05) is 11.9 Å². The molecule has 1 fully saturated rings. The summed E-state index contributed by atoms with van der Waals surface area (Å²) in [6, 6.07) is 0. The third kappa shape index (κ3) is 1.37. The smallest absolute Gasteiger partial charge is 0.157 e. The molecule has 1 N–H and O–H groups in total. The first-order chi connectivity index (χ1) is 5.88. The van der Waals surface area contributed by atoms with Crippen molar-refractivity contribution >= 4 is 5.84 Å². The summed E-state index contributed by atoms with van der Waals surface area (Å²) in [4.78, 5) is 2.03. The molecule has 5 nitrogen and oxygen atoms in total. The third-order valence-electron chi connectivity index (χ3n) is 2.00. The quantitative estimate of drug-likeness (QED) is 0.561. The van der Waals surface area contributed by atoms with Crippen LogP contribution in [0.3, 0.4) is 0 Å². The topological polar surface area (TPSA) is 46.1 Å². The van der Waals surface area contributed by atoms with E-state index in [0.29, 0.717) is 19.8 Å². The van der Waals surface area contributed by atoms with Crippen LogP contribution in [-0.2, 0) is 9.47 Å². The van der Waals surface area contributed by atoms with Gasteiger partial charge in [-0.2, -0.15) is 5.10 Å². The minimum Gasteiger partial charge on any atom is -0.376 e. The highest BCUT2D eigenvalue weighted by molar-refractivity contribution is 5.87. The van der Waals surface area contributed by atoms with Crippen LogP contribution in [-0.4, -0.2) is 50.4 Å². The van der Waals surface area contributed by atoms with Gasteiger partial charge in [0.15, 0.2) is 5.84 Å². The minimum atomic E-state index is 0.0127. The Morgan fingerprint density at radius 2 is 2.50 bits per heavy atom. The Labute approximate surface area is 71.3 Å². The number of nitrogens with zero attached hydrogens (tertiary/aromatic N) is 2. The summed E-state index contributed by atoms with van der Waals surface area (Å²) in [6.07, 6.45) is 0.0127. The van der Waals surface area contributed by atoms with Gasteiger partial charge < -0.3 is 14.4 Å². The molecule has 0 spiro atoms. The zero-order chi connectivity index (χ0) is 8.39. The van der Waals surface area contributed by atoms with Crippen LogP contribution in [0, 0.1) is 0 Å². The van der Waals surface area contributed by atoms with Gasteiger partial charge in [-0.3, -0.25) is 5.43 Å². The second-order valence-electron chi connectivity index (χ2n) is 2.92. The van der Waals surface area contributed by atoms with Gasteiger partial charge in [-0.25, -0.2) is 0 Å². The number of hydrazone groups is 1. The zero-order valence-electron chi connectivity index (χ0n) is 7.12. The fourth-order valence-electron chi connectivity index (χ4n) is 1.34. The lowest BCUT2D eigenvalue weighted by atomic mass is 10.3. The Kier molecular flexibility index (Phi) is 2.14. The number of rotatable bonds is 1. The van der Waals surface area contributed by atoms with Crippen LogP contribution >= 0.6 is 0 Å². The number of hydrogen-bond donors (Lipinski definition) is 1. The van der Waals surface area contributed by atoms with Gasteiger partial charge in [0.25, 0.3) is 0 Å². The van der Waals surface area contributed by atoms with Gasteiger partial charge in [0.1, 0.15) is 12.8 Å². The van der Waals surface area contributed by atoms with Crippen LogP contribution in [0.25, 0.3) is 0 Å². The van der Waals surface area contributed by atoms with E-state index < -0.39 is 0 Å².